The van der Waals surface area contributed by atoms with Crippen molar-refractivity contribution < 1.29 is 8.42 Å². The van der Waals surface area contributed by atoms with Crippen molar-refractivity contribution in [3.05, 3.63) is 27.7 Å². The van der Waals surface area contributed by atoms with E-state index < -0.39 is 10.0 Å². The Morgan fingerprint density at radius 1 is 1.35 bits per heavy atom. The topological polar surface area (TPSA) is 37.4 Å². The molecule has 6 heteroatoms. The van der Waals surface area contributed by atoms with Crippen LogP contribution in [-0.4, -0.2) is 25.8 Å². The van der Waals surface area contributed by atoms with Crippen LogP contribution >= 0.6 is 27.5 Å². The number of hydrogen-bond acceptors (Lipinski definition) is 2. The number of rotatable bonds is 4. The number of benzene rings is 1. The van der Waals surface area contributed by atoms with Crippen LogP contribution in [0.15, 0.2) is 21.5 Å². The first-order valence-corrected chi connectivity index (χ1v) is 9.47. The highest BCUT2D eigenvalue weighted by Gasteiger charge is 2.31. The van der Waals surface area contributed by atoms with Crippen LogP contribution in [0.2, 0.25) is 0 Å². The van der Waals surface area contributed by atoms with Crippen LogP contribution in [0.4, 0.5) is 0 Å². The molecule has 1 aromatic rings. The standard InChI is InChI=1S/C14H19BrClNO2S/c1-10-7-11(9-16)8-13(14(10)15)20(18,19)17(2)12-5-3-4-6-12/h7-8,12H,3-6,9H2,1-2H3. The highest BCUT2D eigenvalue weighted by Crippen LogP contribution is 2.33. The van der Waals surface area contributed by atoms with Gasteiger partial charge in [0.25, 0.3) is 0 Å². The van der Waals surface area contributed by atoms with Crippen molar-refractivity contribution >= 4 is 37.6 Å². The first-order valence-electron chi connectivity index (χ1n) is 6.71. The quantitative estimate of drug-likeness (QED) is 0.739. The van der Waals surface area contributed by atoms with E-state index in [1.54, 1.807) is 13.1 Å². The molecule has 0 unspecified atom stereocenters. The lowest BCUT2D eigenvalue weighted by molar-refractivity contribution is 0.372. The average Bonchev–Trinajstić information content (AvgIpc) is 2.94. The highest BCUT2D eigenvalue weighted by atomic mass is 79.9. The summed E-state index contributed by atoms with van der Waals surface area (Å²) in [5.74, 6) is 0.309. The lowest BCUT2D eigenvalue weighted by atomic mass is 10.2. The number of hydrogen-bond donors (Lipinski definition) is 0. The van der Waals surface area contributed by atoms with Crippen molar-refractivity contribution in [1.82, 2.24) is 4.31 Å². The number of sulfonamides is 1. The van der Waals surface area contributed by atoms with E-state index in [0.29, 0.717) is 15.2 Å². The molecule has 0 saturated heterocycles. The third-order valence-electron chi connectivity index (χ3n) is 3.93. The first-order chi connectivity index (χ1) is 9.37. The number of halogens is 2. The van der Waals surface area contributed by atoms with E-state index in [-0.39, 0.29) is 6.04 Å². The minimum absolute atomic E-state index is 0.117. The van der Waals surface area contributed by atoms with E-state index in [1.165, 1.54) is 4.31 Å². The second-order valence-electron chi connectivity index (χ2n) is 5.32. The maximum Gasteiger partial charge on any atom is 0.244 e. The molecular formula is C14H19BrClNO2S. The average molecular weight is 381 g/mol. The van der Waals surface area contributed by atoms with Gasteiger partial charge >= 0.3 is 0 Å². The molecule has 1 aliphatic rings. The molecule has 1 aromatic carbocycles. The summed E-state index contributed by atoms with van der Waals surface area (Å²) in [7, 11) is -1.80. The van der Waals surface area contributed by atoms with Crippen molar-refractivity contribution in [1.29, 1.82) is 0 Å². The molecule has 1 fully saturated rings. The van der Waals surface area contributed by atoms with E-state index in [2.05, 4.69) is 15.9 Å². The fourth-order valence-electron chi connectivity index (χ4n) is 2.69. The summed E-state index contributed by atoms with van der Waals surface area (Å²) in [5, 5.41) is 0. The van der Waals surface area contributed by atoms with Gasteiger partial charge in [0.1, 0.15) is 0 Å². The third kappa shape index (κ3) is 3.06. The maximum absolute atomic E-state index is 12.8. The van der Waals surface area contributed by atoms with Gasteiger partial charge in [-0.1, -0.05) is 18.9 Å². The second kappa shape index (κ2) is 6.34. The summed E-state index contributed by atoms with van der Waals surface area (Å²) in [5.41, 5.74) is 1.72. The van der Waals surface area contributed by atoms with Crippen LogP contribution in [0.3, 0.4) is 0 Å². The van der Waals surface area contributed by atoms with Crippen molar-refractivity contribution in [3.63, 3.8) is 0 Å². The summed E-state index contributed by atoms with van der Waals surface area (Å²) < 4.78 is 27.8. The molecule has 0 N–H and O–H groups in total. The van der Waals surface area contributed by atoms with Crippen LogP contribution in [0, 0.1) is 6.92 Å². The van der Waals surface area contributed by atoms with Crippen LogP contribution in [0.5, 0.6) is 0 Å². The van der Waals surface area contributed by atoms with E-state index in [9.17, 15) is 8.42 Å². The van der Waals surface area contributed by atoms with E-state index in [1.807, 2.05) is 13.0 Å². The fourth-order valence-corrected chi connectivity index (χ4v) is 5.29. The zero-order chi connectivity index (χ0) is 14.9. The monoisotopic (exact) mass is 379 g/mol. The molecule has 0 bridgehead atoms. The Morgan fingerprint density at radius 2 is 1.95 bits per heavy atom. The molecule has 1 saturated carbocycles. The molecule has 0 radical (unpaired) electrons. The molecule has 0 amide bonds. The minimum atomic E-state index is -3.48. The van der Waals surface area contributed by atoms with Gasteiger partial charge in [0.2, 0.25) is 10.0 Å². The van der Waals surface area contributed by atoms with Crippen molar-refractivity contribution in [3.8, 4) is 0 Å². The normalized spacial score (nSPS) is 17.1. The Morgan fingerprint density at radius 3 is 2.50 bits per heavy atom. The van der Waals surface area contributed by atoms with Gasteiger partial charge in [-0.3, -0.25) is 0 Å². The fraction of sp³-hybridized carbons (Fsp3) is 0.571. The predicted molar refractivity (Wildman–Crippen MR) is 85.6 cm³/mol. The van der Waals surface area contributed by atoms with Gasteiger partial charge < -0.3 is 0 Å². The van der Waals surface area contributed by atoms with Crippen LogP contribution < -0.4 is 0 Å². The molecule has 0 atom stereocenters. The van der Waals surface area contributed by atoms with Gasteiger partial charge in [-0.15, -0.1) is 11.6 Å². The van der Waals surface area contributed by atoms with Gasteiger partial charge in [-0.2, -0.15) is 4.31 Å². The SMILES string of the molecule is Cc1cc(CCl)cc(S(=O)(=O)N(C)C2CCCC2)c1Br. The summed E-state index contributed by atoms with van der Waals surface area (Å²) in [6, 6.07) is 3.70. The molecule has 112 valence electrons. The Labute approximate surface area is 134 Å². The lowest BCUT2D eigenvalue weighted by Crippen LogP contribution is -2.35. The zero-order valence-electron chi connectivity index (χ0n) is 11.7. The maximum atomic E-state index is 12.8. The zero-order valence-corrected chi connectivity index (χ0v) is 14.9. The molecule has 20 heavy (non-hydrogen) atoms. The number of aryl methyl sites for hydroxylation is 1. The van der Waals surface area contributed by atoms with Crippen molar-refractivity contribution in [2.75, 3.05) is 7.05 Å². The van der Waals surface area contributed by atoms with Gasteiger partial charge in [0, 0.05) is 23.4 Å². The van der Waals surface area contributed by atoms with Crippen LogP contribution in [0.1, 0.15) is 36.8 Å². The van der Waals surface area contributed by atoms with Crippen molar-refractivity contribution in [2.45, 2.75) is 49.4 Å². The summed E-state index contributed by atoms with van der Waals surface area (Å²) in [4.78, 5) is 0.322. The predicted octanol–water partition coefficient (Wildman–Crippen LogP) is 4.06. The highest BCUT2D eigenvalue weighted by molar-refractivity contribution is 9.10. The molecule has 1 aliphatic carbocycles. The molecule has 0 aliphatic heterocycles. The van der Waals surface area contributed by atoms with Crippen LogP contribution in [-0.2, 0) is 15.9 Å². The Balaban J connectivity index is 2.45. The largest absolute Gasteiger partial charge is 0.244 e. The van der Waals surface area contributed by atoms with E-state index in [0.717, 1.165) is 36.8 Å². The summed E-state index contributed by atoms with van der Waals surface area (Å²) >= 11 is 9.26. The van der Waals surface area contributed by atoms with Gasteiger partial charge in [-0.25, -0.2) is 8.42 Å². The molecule has 3 nitrogen and oxygen atoms in total. The first kappa shape index (κ1) is 16.3. The summed E-state index contributed by atoms with van der Waals surface area (Å²) in [6.07, 6.45) is 4.10. The van der Waals surface area contributed by atoms with Gasteiger partial charge in [0.15, 0.2) is 0 Å². The van der Waals surface area contributed by atoms with E-state index >= 15 is 0 Å². The Hall–Kier alpha value is -0.100. The van der Waals surface area contributed by atoms with Crippen molar-refractivity contribution in [2.24, 2.45) is 0 Å². The van der Waals surface area contributed by atoms with Gasteiger partial charge in [-0.05, 0) is 52.9 Å². The molecule has 2 rings (SSSR count). The third-order valence-corrected chi connectivity index (χ3v) is 7.49. The van der Waals surface area contributed by atoms with Crippen LogP contribution in [0.25, 0.3) is 0 Å². The lowest BCUT2D eigenvalue weighted by Gasteiger charge is -2.24. The summed E-state index contributed by atoms with van der Waals surface area (Å²) in [6.45, 7) is 1.88. The smallest absolute Gasteiger partial charge is 0.207 e. The molecule has 0 heterocycles. The molecule has 0 aromatic heterocycles. The second-order valence-corrected chi connectivity index (χ2v) is 8.34. The number of nitrogens with zero attached hydrogens (tertiary/aromatic N) is 1. The Bertz CT molecular complexity index is 597. The minimum Gasteiger partial charge on any atom is -0.207 e. The molecule has 0 spiro atoms. The molecular weight excluding hydrogens is 362 g/mol. The van der Waals surface area contributed by atoms with Gasteiger partial charge in [0.05, 0.1) is 4.90 Å². The Kier molecular flexibility index (Phi) is 5.16. The number of alkyl halides is 1. The van der Waals surface area contributed by atoms with E-state index in [4.69, 9.17) is 11.6 Å².